The van der Waals surface area contributed by atoms with E-state index in [1.807, 2.05) is 24.3 Å². The van der Waals surface area contributed by atoms with Crippen LogP contribution in [-0.2, 0) is 4.79 Å². The summed E-state index contributed by atoms with van der Waals surface area (Å²) in [5.41, 5.74) is 2.46. The first-order valence-corrected chi connectivity index (χ1v) is 10.4. The SMILES string of the molecule is O=C(COc1cccc(NC(=O)c2ccco2)c1)Nc1ccc(N2CCCCC2)cc1. The van der Waals surface area contributed by atoms with Gasteiger partial charge >= 0.3 is 0 Å². The van der Waals surface area contributed by atoms with E-state index in [2.05, 4.69) is 15.5 Å². The van der Waals surface area contributed by atoms with Gasteiger partial charge in [0.1, 0.15) is 5.75 Å². The molecule has 1 aromatic heterocycles. The molecule has 3 aromatic rings. The van der Waals surface area contributed by atoms with E-state index >= 15 is 0 Å². The Morgan fingerprint density at radius 3 is 2.45 bits per heavy atom. The highest BCUT2D eigenvalue weighted by Gasteiger charge is 2.12. The maximum atomic E-state index is 12.3. The lowest BCUT2D eigenvalue weighted by atomic mass is 10.1. The lowest BCUT2D eigenvalue weighted by Gasteiger charge is -2.28. The first-order valence-electron chi connectivity index (χ1n) is 10.4. The van der Waals surface area contributed by atoms with Crippen LogP contribution in [0.25, 0.3) is 0 Å². The zero-order valence-electron chi connectivity index (χ0n) is 17.2. The fourth-order valence-electron chi connectivity index (χ4n) is 3.52. The number of nitrogens with one attached hydrogen (secondary N) is 2. The monoisotopic (exact) mass is 419 g/mol. The van der Waals surface area contributed by atoms with Crippen molar-refractivity contribution in [2.24, 2.45) is 0 Å². The van der Waals surface area contributed by atoms with Gasteiger partial charge in [0, 0.05) is 36.2 Å². The van der Waals surface area contributed by atoms with Crippen molar-refractivity contribution in [2.75, 3.05) is 35.2 Å². The first-order chi connectivity index (χ1) is 15.2. The Balaban J connectivity index is 1.27. The second kappa shape index (κ2) is 9.84. The number of benzene rings is 2. The van der Waals surface area contributed by atoms with Crippen molar-refractivity contribution in [2.45, 2.75) is 19.3 Å². The molecule has 0 atom stereocenters. The Labute approximate surface area is 181 Å². The molecule has 0 unspecified atom stereocenters. The summed E-state index contributed by atoms with van der Waals surface area (Å²) >= 11 is 0. The smallest absolute Gasteiger partial charge is 0.291 e. The third-order valence-corrected chi connectivity index (χ3v) is 5.08. The van der Waals surface area contributed by atoms with Gasteiger partial charge in [-0.25, -0.2) is 0 Å². The third kappa shape index (κ3) is 5.66. The van der Waals surface area contributed by atoms with Crippen LogP contribution >= 0.6 is 0 Å². The number of hydrogen-bond acceptors (Lipinski definition) is 5. The number of rotatable bonds is 7. The normalized spacial score (nSPS) is 13.5. The van der Waals surface area contributed by atoms with Crippen LogP contribution in [0.5, 0.6) is 5.75 Å². The van der Waals surface area contributed by atoms with Crippen molar-refractivity contribution in [3.05, 3.63) is 72.7 Å². The first kappa shape index (κ1) is 20.5. The van der Waals surface area contributed by atoms with Crippen LogP contribution < -0.4 is 20.3 Å². The summed E-state index contributed by atoms with van der Waals surface area (Å²) in [4.78, 5) is 26.7. The molecule has 0 bridgehead atoms. The largest absolute Gasteiger partial charge is 0.484 e. The number of nitrogens with zero attached hydrogens (tertiary/aromatic N) is 1. The Morgan fingerprint density at radius 1 is 0.903 bits per heavy atom. The topological polar surface area (TPSA) is 83.8 Å². The van der Waals surface area contributed by atoms with Gasteiger partial charge in [0.2, 0.25) is 0 Å². The van der Waals surface area contributed by atoms with Gasteiger partial charge in [-0.2, -0.15) is 0 Å². The molecule has 7 nitrogen and oxygen atoms in total. The molecule has 2 amide bonds. The predicted octanol–water partition coefficient (Wildman–Crippen LogP) is 4.54. The van der Waals surface area contributed by atoms with Crippen LogP contribution in [0.4, 0.5) is 17.1 Å². The fraction of sp³-hybridized carbons (Fsp3) is 0.250. The van der Waals surface area contributed by atoms with E-state index in [1.165, 1.54) is 31.2 Å². The van der Waals surface area contributed by atoms with Gasteiger partial charge in [-0.05, 0) is 67.8 Å². The summed E-state index contributed by atoms with van der Waals surface area (Å²) < 4.78 is 10.7. The minimum Gasteiger partial charge on any atom is -0.484 e. The molecule has 1 fully saturated rings. The Kier molecular flexibility index (Phi) is 6.52. The van der Waals surface area contributed by atoms with Crippen molar-refractivity contribution in [1.82, 2.24) is 0 Å². The molecule has 7 heteroatoms. The van der Waals surface area contributed by atoms with Crippen LogP contribution in [0.15, 0.2) is 71.3 Å². The number of carbonyl (C=O) groups excluding carboxylic acids is 2. The number of anilines is 3. The number of ether oxygens (including phenoxy) is 1. The van der Waals surface area contributed by atoms with Gasteiger partial charge in [-0.15, -0.1) is 0 Å². The number of amides is 2. The molecule has 1 aliphatic rings. The molecule has 31 heavy (non-hydrogen) atoms. The summed E-state index contributed by atoms with van der Waals surface area (Å²) in [5.74, 6) is 0.0912. The minimum absolute atomic E-state index is 0.135. The quantitative estimate of drug-likeness (QED) is 0.587. The summed E-state index contributed by atoms with van der Waals surface area (Å²) in [7, 11) is 0. The summed E-state index contributed by atoms with van der Waals surface area (Å²) in [6, 6.07) is 18.0. The molecule has 0 radical (unpaired) electrons. The van der Waals surface area contributed by atoms with E-state index in [0.717, 1.165) is 18.8 Å². The lowest BCUT2D eigenvalue weighted by molar-refractivity contribution is -0.118. The number of hydrogen-bond donors (Lipinski definition) is 2. The Morgan fingerprint density at radius 2 is 1.71 bits per heavy atom. The van der Waals surface area contributed by atoms with Gasteiger partial charge in [0.15, 0.2) is 12.4 Å². The van der Waals surface area contributed by atoms with Crippen LogP contribution in [0.2, 0.25) is 0 Å². The van der Waals surface area contributed by atoms with Crippen molar-refractivity contribution >= 4 is 28.9 Å². The predicted molar refractivity (Wildman–Crippen MR) is 120 cm³/mol. The Bertz CT molecular complexity index is 1010. The molecule has 0 saturated carbocycles. The van der Waals surface area contributed by atoms with Gasteiger partial charge in [-0.3, -0.25) is 9.59 Å². The molecule has 4 rings (SSSR count). The average molecular weight is 419 g/mol. The van der Waals surface area contributed by atoms with Gasteiger partial charge in [0.25, 0.3) is 11.8 Å². The molecule has 1 saturated heterocycles. The van der Waals surface area contributed by atoms with E-state index in [1.54, 1.807) is 36.4 Å². The van der Waals surface area contributed by atoms with Crippen LogP contribution in [-0.4, -0.2) is 31.5 Å². The van der Waals surface area contributed by atoms with E-state index in [4.69, 9.17) is 9.15 Å². The molecule has 2 heterocycles. The van der Waals surface area contributed by atoms with E-state index < -0.39 is 0 Å². The highest BCUT2D eigenvalue weighted by atomic mass is 16.5. The van der Waals surface area contributed by atoms with Crippen LogP contribution in [0.1, 0.15) is 29.8 Å². The molecule has 0 aliphatic carbocycles. The van der Waals surface area contributed by atoms with E-state index in [-0.39, 0.29) is 24.2 Å². The lowest BCUT2D eigenvalue weighted by Crippen LogP contribution is -2.29. The second-order valence-corrected chi connectivity index (χ2v) is 7.39. The van der Waals surface area contributed by atoms with Gasteiger partial charge in [-0.1, -0.05) is 6.07 Å². The summed E-state index contributed by atoms with van der Waals surface area (Å²) in [5, 5.41) is 5.57. The van der Waals surface area contributed by atoms with Crippen LogP contribution in [0, 0.1) is 0 Å². The highest BCUT2D eigenvalue weighted by molar-refractivity contribution is 6.02. The zero-order valence-corrected chi connectivity index (χ0v) is 17.2. The van der Waals surface area contributed by atoms with Gasteiger partial charge < -0.3 is 24.7 Å². The minimum atomic E-state index is -0.354. The molecule has 1 aliphatic heterocycles. The third-order valence-electron chi connectivity index (χ3n) is 5.08. The van der Waals surface area contributed by atoms with E-state index in [9.17, 15) is 9.59 Å². The summed E-state index contributed by atoms with van der Waals surface area (Å²) in [6.45, 7) is 2.03. The van der Waals surface area contributed by atoms with Crippen molar-refractivity contribution in [1.29, 1.82) is 0 Å². The molecule has 2 N–H and O–H groups in total. The molecule has 160 valence electrons. The maximum absolute atomic E-state index is 12.3. The van der Waals surface area contributed by atoms with E-state index in [0.29, 0.717) is 11.4 Å². The zero-order chi connectivity index (χ0) is 21.5. The van der Waals surface area contributed by atoms with Crippen molar-refractivity contribution in [3.8, 4) is 5.75 Å². The van der Waals surface area contributed by atoms with Crippen molar-refractivity contribution in [3.63, 3.8) is 0 Å². The van der Waals surface area contributed by atoms with Crippen molar-refractivity contribution < 1.29 is 18.7 Å². The molecular formula is C24H25N3O4. The Hall–Kier alpha value is -3.74. The summed E-state index contributed by atoms with van der Waals surface area (Å²) in [6.07, 6.45) is 5.19. The molecule has 2 aromatic carbocycles. The number of piperidine rings is 1. The van der Waals surface area contributed by atoms with Crippen LogP contribution in [0.3, 0.4) is 0 Å². The fourth-order valence-corrected chi connectivity index (χ4v) is 3.52. The molecular weight excluding hydrogens is 394 g/mol. The number of furan rings is 1. The average Bonchev–Trinajstić information content (AvgIpc) is 3.34. The standard InChI is InChI=1S/C24H25N3O4/c28-23(25-18-9-11-20(12-10-18)27-13-2-1-3-14-27)17-31-21-7-4-6-19(16-21)26-24(29)22-8-5-15-30-22/h4-12,15-16H,1-3,13-14,17H2,(H,25,28)(H,26,29). The highest BCUT2D eigenvalue weighted by Crippen LogP contribution is 2.22. The second-order valence-electron chi connectivity index (χ2n) is 7.39. The maximum Gasteiger partial charge on any atom is 0.291 e. The number of carbonyl (C=O) groups is 2. The van der Waals surface area contributed by atoms with Gasteiger partial charge in [0.05, 0.1) is 6.26 Å². The molecule has 0 spiro atoms.